The van der Waals surface area contributed by atoms with Crippen LogP contribution in [0.2, 0.25) is 0 Å². The third-order valence-corrected chi connectivity index (χ3v) is 12.7. The topological polar surface area (TPSA) is 489 Å². The van der Waals surface area contributed by atoms with E-state index in [1.807, 2.05) is 0 Å². The van der Waals surface area contributed by atoms with E-state index in [2.05, 4.69) is 51.2 Å². The predicted molar refractivity (Wildman–Crippen MR) is 264 cm³/mol. The summed E-state index contributed by atoms with van der Waals surface area (Å²) in [6, 6.07) is 6.83. The number of aliphatic hydroxyl groups excluding tert-OH is 6. The molecule has 2 aromatic carbocycles. The summed E-state index contributed by atoms with van der Waals surface area (Å²) in [7, 11) is -19.0. The largest absolute Gasteiger partial charge is 0.394 e. The number of hydrogen-bond donors (Lipinski definition) is 14. The van der Waals surface area contributed by atoms with Crippen LogP contribution >= 0.6 is 0 Å². The maximum Gasteiger partial charge on any atom is 0.295 e. The Hall–Kier alpha value is -5.68. The standard InChI is InChI=1S/C38H56N12O20S4/c51-11-15-69-13-9-49(21-29(55)23-53)37-45-33(39-7-17-71(57,58)59)43-35(47-37)41-27-5-3-25(31(19-27)73(63,64)65)1-2-26-4-6-28(20-32(26)74(66,67)68)42-36-44-34(40-8-18-72(60,61)62)46-38(48-36)50(22-30(56)24-54)10-14-70-16-12-52/h1-6,19-20,29-30,51-56H,7-18,21-24H2,(H,57,58,59)(H,60,61,62)(H,63,64,65)(H,66,67,68)(H2,39,41,43,45,47)(H2,40,42,44,46,48)/b2-1+. The molecule has 0 saturated heterocycles. The summed E-state index contributed by atoms with van der Waals surface area (Å²) in [5.41, 5.74) is -0.609. The van der Waals surface area contributed by atoms with E-state index in [4.69, 9.17) is 19.7 Å². The van der Waals surface area contributed by atoms with Gasteiger partial charge < -0.3 is 71.2 Å². The Morgan fingerprint density at radius 2 is 0.892 bits per heavy atom. The van der Waals surface area contributed by atoms with Gasteiger partial charge in [0, 0.05) is 50.6 Å². The fourth-order valence-electron chi connectivity index (χ4n) is 6.10. The number of aromatic nitrogens is 6. The van der Waals surface area contributed by atoms with Gasteiger partial charge in [0.25, 0.3) is 40.5 Å². The molecular formula is C38H56N12O20S4. The molecule has 2 atom stereocenters. The molecule has 0 spiro atoms. The van der Waals surface area contributed by atoms with Crippen molar-refractivity contribution in [2.24, 2.45) is 0 Å². The molecule has 36 heteroatoms. The molecular weight excluding hydrogens is 1070 g/mol. The monoisotopic (exact) mass is 1130 g/mol. The molecule has 2 unspecified atom stereocenters. The lowest BCUT2D eigenvalue weighted by molar-refractivity contribution is 0.0863. The maximum absolute atomic E-state index is 12.8. The lowest BCUT2D eigenvalue weighted by atomic mass is 10.1. The molecule has 2 heterocycles. The van der Waals surface area contributed by atoms with E-state index in [1.165, 1.54) is 34.1 Å². The molecule has 14 N–H and O–H groups in total. The first-order valence-electron chi connectivity index (χ1n) is 21.6. The first kappa shape index (κ1) is 60.9. The molecule has 0 aliphatic carbocycles. The Morgan fingerprint density at radius 1 is 0.527 bits per heavy atom. The van der Waals surface area contributed by atoms with Gasteiger partial charge in [0.15, 0.2) is 0 Å². The van der Waals surface area contributed by atoms with Crippen molar-refractivity contribution in [2.75, 3.05) is 135 Å². The maximum atomic E-state index is 12.8. The van der Waals surface area contributed by atoms with Crippen molar-refractivity contribution in [2.45, 2.75) is 22.0 Å². The van der Waals surface area contributed by atoms with E-state index in [-0.39, 0.29) is 124 Å². The molecule has 0 aliphatic rings. The van der Waals surface area contributed by atoms with Crippen LogP contribution in [0.1, 0.15) is 11.1 Å². The van der Waals surface area contributed by atoms with Gasteiger partial charge in [-0.3, -0.25) is 18.2 Å². The van der Waals surface area contributed by atoms with Gasteiger partial charge in [0.1, 0.15) is 9.79 Å². The minimum atomic E-state index is -5.08. The van der Waals surface area contributed by atoms with Gasteiger partial charge in [-0.1, -0.05) is 24.3 Å². The van der Waals surface area contributed by atoms with Gasteiger partial charge in [-0.05, 0) is 35.4 Å². The first-order valence-corrected chi connectivity index (χ1v) is 27.7. The highest BCUT2D eigenvalue weighted by Crippen LogP contribution is 2.29. The average Bonchev–Trinajstić information content (AvgIpc) is 3.31. The van der Waals surface area contributed by atoms with Crippen LogP contribution in [-0.4, -0.2) is 228 Å². The molecule has 412 valence electrons. The van der Waals surface area contributed by atoms with Crippen LogP contribution in [0.3, 0.4) is 0 Å². The number of aliphatic hydroxyl groups is 6. The highest BCUT2D eigenvalue weighted by atomic mass is 32.2. The molecule has 0 fully saturated rings. The van der Waals surface area contributed by atoms with Gasteiger partial charge in [-0.2, -0.15) is 63.6 Å². The van der Waals surface area contributed by atoms with Crippen molar-refractivity contribution in [3.05, 3.63) is 47.5 Å². The summed E-state index contributed by atoms with van der Waals surface area (Å²) in [6.07, 6.45) is -0.467. The number of rotatable bonds is 34. The zero-order chi connectivity index (χ0) is 54.7. The summed E-state index contributed by atoms with van der Waals surface area (Å²) in [6.45, 7) is -3.51. The van der Waals surface area contributed by atoms with Gasteiger partial charge in [-0.15, -0.1) is 0 Å². The summed E-state index contributed by atoms with van der Waals surface area (Å²) < 4.78 is 146. The van der Waals surface area contributed by atoms with Crippen LogP contribution in [0.4, 0.5) is 47.1 Å². The molecule has 0 saturated carbocycles. The number of nitrogens with one attached hydrogen (secondary N) is 4. The Balaban J connectivity index is 1.72. The van der Waals surface area contributed by atoms with Crippen LogP contribution in [0.25, 0.3) is 12.2 Å². The normalized spacial score (nSPS) is 13.2. The second-order valence-corrected chi connectivity index (χ2v) is 21.2. The Morgan fingerprint density at radius 3 is 1.22 bits per heavy atom. The minimum absolute atomic E-state index is 0.0255. The van der Waals surface area contributed by atoms with Crippen molar-refractivity contribution in [1.82, 2.24) is 29.9 Å². The summed E-state index contributed by atoms with van der Waals surface area (Å²) >= 11 is 0. The zero-order valence-electron chi connectivity index (χ0n) is 38.9. The molecule has 2 aromatic heterocycles. The quantitative estimate of drug-likeness (QED) is 0.0127. The molecule has 0 bridgehead atoms. The van der Waals surface area contributed by atoms with Crippen LogP contribution < -0.4 is 31.1 Å². The second kappa shape index (κ2) is 28.3. The number of anilines is 8. The zero-order valence-corrected chi connectivity index (χ0v) is 42.1. The van der Waals surface area contributed by atoms with E-state index < -0.39 is 100 Å². The number of benzene rings is 2. The lowest BCUT2D eigenvalue weighted by Crippen LogP contribution is -2.38. The van der Waals surface area contributed by atoms with Crippen LogP contribution in [0, 0.1) is 0 Å². The third-order valence-electron chi connectivity index (χ3n) is 9.40. The number of nitrogens with zero attached hydrogens (tertiary/aromatic N) is 8. The van der Waals surface area contributed by atoms with Crippen LogP contribution in [0.5, 0.6) is 0 Å². The van der Waals surface area contributed by atoms with E-state index in [1.54, 1.807) is 0 Å². The molecule has 4 rings (SSSR count). The smallest absolute Gasteiger partial charge is 0.295 e. The van der Waals surface area contributed by atoms with Gasteiger partial charge in [0.05, 0.1) is 76.6 Å². The van der Waals surface area contributed by atoms with E-state index in [0.29, 0.717) is 0 Å². The second-order valence-electron chi connectivity index (χ2n) is 15.3. The van der Waals surface area contributed by atoms with Crippen molar-refractivity contribution in [3.63, 3.8) is 0 Å². The lowest BCUT2D eigenvalue weighted by Gasteiger charge is -2.25. The fraction of sp³-hybridized carbons (Fsp3) is 0.474. The molecule has 0 amide bonds. The summed E-state index contributed by atoms with van der Waals surface area (Å²) in [5.74, 6) is -3.11. The number of hydrogen-bond acceptors (Lipinski definition) is 28. The number of ether oxygens (including phenoxy) is 2. The molecule has 4 aromatic rings. The SMILES string of the molecule is O=S(=O)(O)CCNc1nc(Nc2ccc(/C=C/c3ccc(Nc4nc(NCCS(=O)(=O)O)nc(N(CCOCCO)CC(O)CO)n4)cc3S(=O)(=O)O)c(S(=O)(=O)O)c2)nc(N(CCOCCO)CC(O)CO)n1. The molecule has 0 radical (unpaired) electrons. The molecule has 32 nitrogen and oxygen atoms in total. The highest BCUT2D eigenvalue weighted by Gasteiger charge is 2.23. The predicted octanol–water partition coefficient (Wildman–Crippen LogP) is -2.86. The highest BCUT2D eigenvalue weighted by molar-refractivity contribution is 7.86. The fourth-order valence-corrected chi connectivity index (χ4v) is 8.24. The Bertz CT molecular complexity index is 2770. The first-order chi connectivity index (χ1) is 34.8. The van der Waals surface area contributed by atoms with Gasteiger partial charge >= 0.3 is 0 Å². The van der Waals surface area contributed by atoms with Gasteiger partial charge in [-0.25, -0.2) is 0 Å². The third kappa shape index (κ3) is 21.3. The van der Waals surface area contributed by atoms with Crippen LogP contribution in [-0.2, 0) is 49.9 Å². The average molecular weight is 1130 g/mol. The Labute approximate surface area is 424 Å². The van der Waals surface area contributed by atoms with E-state index in [0.717, 1.165) is 24.3 Å². The van der Waals surface area contributed by atoms with Gasteiger partial charge in [0.2, 0.25) is 35.7 Å². The van der Waals surface area contributed by atoms with Crippen molar-refractivity contribution in [3.8, 4) is 0 Å². The van der Waals surface area contributed by atoms with E-state index >= 15 is 0 Å². The van der Waals surface area contributed by atoms with E-state index in [9.17, 15) is 72.3 Å². The van der Waals surface area contributed by atoms with Crippen molar-refractivity contribution < 1.29 is 92.0 Å². The summed E-state index contributed by atoms with van der Waals surface area (Å²) in [5, 5.41) is 68.4. The minimum Gasteiger partial charge on any atom is -0.394 e. The molecule has 74 heavy (non-hydrogen) atoms. The summed E-state index contributed by atoms with van der Waals surface area (Å²) in [4.78, 5) is 26.5. The molecule has 0 aliphatic heterocycles. The van der Waals surface area contributed by atoms with Crippen molar-refractivity contribution in [1.29, 1.82) is 0 Å². The Kier molecular flexibility index (Phi) is 23.3. The van der Waals surface area contributed by atoms with Crippen molar-refractivity contribution >= 4 is 99.7 Å². The van der Waals surface area contributed by atoms with Crippen LogP contribution in [0.15, 0.2) is 46.2 Å².